The minimum Gasteiger partial charge on any atom is -0.288 e. The van der Waals surface area contributed by atoms with Crippen molar-refractivity contribution >= 4 is 27.7 Å². The van der Waals surface area contributed by atoms with Gasteiger partial charge in [-0.2, -0.15) is 0 Å². The summed E-state index contributed by atoms with van der Waals surface area (Å²) in [5, 5.41) is 1.16. The molecule has 0 atom stereocenters. The molecule has 0 fully saturated rings. The molecule has 0 aliphatic carbocycles. The number of aromatic nitrogens is 1. The van der Waals surface area contributed by atoms with Crippen LogP contribution in [0.3, 0.4) is 0 Å². The second-order valence-electron chi connectivity index (χ2n) is 6.74. The highest BCUT2D eigenvalue weighted by molar-refractivity contribution is 6.07. The number of rotatable bonds is 6. The van der Waals surface area contributed by atoms with Crippen molar-refractivity contribution in [3.05, 3.63) is 70.4 Å². The summed E-state index contributed by atoms with van der Waals surface area (Å²) < 4.78 is 1.68. The number of hydrogen-bond donors (Lipinski definition) is 0. The molecule has 3 heteroatoms. The van der Waals surface area contributed by atoms with Crippen molar-refractivity contribution in [2.75, 3.05) is 0 Å². The van der Waals surface area contributed by atoms with Gasteiger partial charge >= 0.3 is 0 Å². The molecule has 0 amide bonds. The Morgan fingerprint density at radius 2 is 1.50 bits per heavy atom. The zero-order valence-electron chi connectivity index (χ0n) is 15.5. The van der Waals surface area contributed by atoms with Crippen LogP contribution in [-0.2, 0) is 0 Å². The van der Waals surface area contributed by atoms with E-state index in [-0.39, 0.29) is 11.3 Å². The molecule has 0 spiro atoms. The first-order valence-electron chi connectivity index (χ1n) is 9.39. The molecule has 3 rings (SSSR count). The van der Waals surface area contributed by atoms with E-state index in [1.54, 1.807) is 16.7 Å². The van der Waals surface area contributed by atoms with Gasteiger partial charge in [0.2, 0.25) is 0 Å². The van der Waals surface area contributed by atoms with E-state index in [1.807, 2.05) is 49.4 Å². The van der Waals surface area contributed by atoms with Gasteiger partial charge in [0.15, 0.2) is 5.43 Å². The third kappa shape index (κ3) is 3.48. The van der Waals surface area contributed by atoms with Gasteiger partial charge in [0.05, 0.1) is 11.0 Å². The predicted molar refractivity (Wildman–Crippen MR) is 109 cm³/mol. The van der Waals surface area contributed by atoms with Crippen molar-refractivity contribution in [1.29, 1.82) is 0 Å². The maximum Gasteiger partial charge on any atom is 0.258 e. The number of carbonyl (C=O) groups excluding carboxylic acids is 1. The molecule has 0 bridgehead atoms. The van der Waals surface area contributed by atoms with Crippen molar-refractivity contribution in [3.8, 4) is 0 Å². The number of benzene rings is 2. The zero-order valence-corrected chi connectivity index (χ0v) is 15.5. The maximum absolute atomic E-state index is 13.2. The second kappa shape index (κ2) is 8.13. The highest BCUT2D eigenvalue weighted by atomic mass is 16.2. The van der Waals surface area contributed by atoms with Crippen LogP contribution in [-0.4, -0.2) is 10.5 Å². The molecule has 3 nitrogen and oxygen atoms in total. The molecule has 0 saturated heterocycles. The summed E-state index contributed by atoms with van der Waals surface area (Å²) in [5.74, 6) is -0.0621. The molecule has 3 aromatic rings. The molecular weight excluding hydrogens is 322 g/mol. The lowest BCUT2D eigenvalue weighted by molar-refractivity contribution is 0.0964. The number of hydrogen-bond acceptors (Lipinski definition) is 2. The highest BCUT2D eigenvalue weighted by Crippen LogP contribution is 2.21. The molecule has 0 saturated carbocycles. The van der Waals surface area contributed by atoms with Crippen LogP contribution in [0.1, 0.15) is 50.7 Å². The Morgan fingerprint density at radius 3 is 2.08 bits per heavy atom. The lowest BCUT2D eigenvalue weighted by Gasteiger charge is -2.14. The number of para-hydroxylation sites is 2. The Balaban J connectivity index is 2.08. The molecule has 1 heterocycles. The standard InChI is InChI=1S/C23H25NO2/c1-3-4-5-6-7-12-17(2)23(26)24-20-15-10-8-13-18(20)22(25)19-14-9-11-16-21(19)24/h8-16H,3-7H2,1-2H3/b17-12+. The molecule has 26 heavy (non-hydrogen) atoms. The lowest BCUT2D eigenvalue weighted by Crippen LogP contribution is -2.18. The van der Waals surface area contributed by atoms with Crippen LogP contribution in [0.15, 0.2) is 65.0 Å². The third-order valence-corrected chi connectivity index (χ3v) is 4.83. The van der Waals surface area contributed by atoms with Gasteiger partial charge in [-0.1, -0.05) is 56.5 Å². The summed E-state index contributed by atoms with van der Waals surface area (Å²) in [4.78, 5) is 26.0. The first-order chi connectivity index (χ1) is 12.6. The summed E-state index contributed by atoms with van der Waals surface area (Å²) in [6.45, 7) is 4.06. The summed E-state index contributed by atoms with van der Waals surface area (Å²) in [6, 6.07) is 14.7. The third-order valence-electron chi connectivity index (χ3n) is 4.83. The molecule has 0 radical (unpaired) electrons. The van der Waals surface area contributed by atoms with E-state index in [0.29, 0.717) is 21.8 Å². The van der Waals surface area contributed by atoms with Gasteiger partial charge in [0.1, 0.15) is 0 Å². The van der Waals surface area contributed by atoms with Crippen molar-refractivity contribution in [3.63, 3.8) is 0 Å². The average Bonchev–Trinajstić information content (AvgIpc) is 2.68. The molecule has 1 aromatic heterocycles. The molecule has 0 aliphatic rings. The normalized spacial score (nSPS) is 12.0. The van der Waals surface area contributed by atoms with Crippen molar-refractivity contribution in [2.45, 2.75) is 46.0 Å². The molecular formula is C23H25NO2. The Labute approximate surface area is 154 Å². The van der Waals surface area contributed by atoms with Gasteiger partial charge in [-0.3, -0.25) is 14.2 Å². The quantitative estimate of drug-likeness (QED) is 0.325. The first-order valence-corrected chi connectivity index (χ1v) is 9.39. The predicted octanol–water partition coefficient (Wildman–Crippen LogP) is 5.71. The summed E-state index contributed by atoms with van der Waals surface area (Å²) in [6.07, 6.45) is 7.67. The largest absolute Gasteiger partial charge is 0.288 e. The average molecular weight is 347 g/mol. The van der Waals surface area contributed by atoms with Gasteiger partial charge in [-0.05, 0) is 44.0 Å². The summed E-state index contributed by atoms with van der Waals surface area (Å²) in [5.41, 5.74) is 2.03. The smallest absolute Gasteiger partial charge is 0.258 e. The van der Waals surface area contributed by atoms with Crippen molar-refractivity contribution < 1.29 is 4.79 Å². The van der Waals surface area contributed by atoms with Crippen LogP contribution in [0.4, 0.5) is 0 Å². The minimum absolute atomic E-state index is 0.0264. The number of unbranched alkanes of at least 4 members (excludes halogenated alkanes) is 4. The molecule has 134 valence electrons. The second-order valence-corrected chi connectivity index (χ2v) is 6.74. The Morgan fingerprint density at radius 1 is 0.923 bits per heavy atom. The van der Waals surface area contributed by atoms with E-state index < -0.39 is 0 Å². The fourth-order valence-electron chi connectivity index (χ4n) is 3.37. The van der Waals surface area contributed by atoms with E-state index in [4.69, 9.17) is 0 Å². The van der Waals surface area contributed by atoms with Crippen LogP contribution in [0.2, 0.25) is 0 Å². The van der Waals surface area contributed by atoms with E-state index in [0.717, 1.165) is 18.4 Å². The van der Waals surface area contributed by atoms with Crippen LogP contribution in [0.25, 0.3) is 21.8 Å². The number of nitrogens with zero attached hydrogens (tertiary/aromatic N) is 1. The zero-order chi connectivity index (χ0) is 18.5. The maximum atomic E-state index is 13.2. The van der Waals surface area contributed by atoms with Crippen molar-refractivity contribution in [1.82, 2.24) is 4.57 Å². The molecule has 0 N–H and O–H groups in total. The van der Waals surface area contributed by atoms with E-state index in [1.165, 1.54) is 19.3 Å². The fourth-order valence-corrected chi connectivity index (χ4v) is 3.37. The van der Waals surface area contributed by atoms with Crippen LogP contribution in [0.5, 0.6) is 0 Å². The minimum atomic E-state index is -0.0621. The SMILES string of the molecule is CCCCCC/C=C(\C)C(=O)n1c2ccccc2c(=O)c2ccccc21. The molecule has 2 aromatic carbocycles. The molecule has 0 unspecified atom stereocenters. The van der Waals surface area contributed by atoms with Crippen LogP contribution >= 0.6 is 0 Å². The summed E-state index contributed by atoms with van der Waals surface area (Å²) >= 11 is 0. The van der Waals surface area contributed by atoms with Crippen LogP contribution < -0.4 is 5.43 Å². The van der Waals surface area contributed by atoms with E-state index in [9.17, 15) is 9.59 Å². The Hall–Kier alpha value is -2.68. The Bertz CT molecular complexity index is 967. The lowest BCUT2D eigenvalue weighted by atomic mass is 10.1. The number of carbonyl (C=O) groups is 1. The number of pyridine rings is 1. The Kier molecular flexibility index (Phi) is 5.67. The van der Waals surface area contributed by atoms with E-state index >= 15 is 0 Å². The van der Waals surface area contributed by atoms with E-state index in [2.05, 4.69) is 6.92 Å². The van der Waals surface area contributed by atoms with Gasteiger partial charge in [-0.15, -0.1) is 0 Å². The number of allylic oxidation sites excluding steroid dienone is 2. The van der Waals surface area contributed by atoms with Crippen molar-refractivity contribution in [2.24, 2.45) is 0 Å². The monoisotopic (exact) mass is 347 g/mol. The summed E-state index contributed by atoms with van der Waals surface area (Å²) in [7, 11) is 0. The topological polar surface area (TPSA) is 39.1 Å². The first kappa shape index (κ1) is 18.1. The van der Waals surface area contributed by atoms with Gasteiger partial charge < -0.3 is 0 Å². The number of fused-ring (bicyclic) bond motifs is 2. The van der Waals surface area contributed by atoms with Crippen LogP contribution in [0, 0.1) is 0 Å². The highest BCUT2D eigenvalue weighted by Gasteiger charge is 2.16. The van der Waals surface area contributed by atoms with Gasteiger partial charge in [-0.25, -0.2) is 0 Å². The van der Waals surface area contributed by atoms with Gasteiger partial charge in [0, 0.05) is 16.3 Å². The van der Waals surface area contributed by atoms with Gasteiger partial charge in [0.25, 0.3) is 5.91 Å². The molecule has 0 aliphatic heterocycles. The fraction of sp³-hybridized carbons (Fsp3) is 0.304.